The topological polar surface area (TPSA) is 109 Å². The zero-order valence-electron chi connectivity index (χ0n) is 10.9. The SMILES string of the molecule is N#Cc1cnc(N2C3CCC2CC(N)C3)c([N+](=O)[O-])c1. The monoisotopic (exact) mass is 273 g/mol. The van der Waals surface area contributed by atoms with E-state index in [4.69, 9.17) is 11.0 Å². The molecule has 2 unspecified atom stereocenters. The molecule has 2 N–H and O–H groups in total. The van der Waals surface area contributed by atoms with Crippen LogP contribution in [0.3, 0.4) is 0 Å². The highest BCUT2D eigenvalue weighted by Crippen LogP contribution is 2.41. The highest BCUT2D eigenvalue weighted by molar-refractivity contribution is 5.62. The molecule has 2 atom stereocenters. The van der Waals surface area contributed by atoms with Crippen LogP contribution in [0, 0.1) is 21.4 Å². The van der Waals surface area contributed by atoms with Crippen molar-refractivity contribution in [3.05, 3.63) is 27.9 Å². The highest BCUT2D eigenvalue weighted by atomic mass is 16.6. The maximum atomic E-state index is 11.2. The predicted molar refractivity (Wildman–Crippen MR) is 72.1 cm³/mol. The third-order valence-corrected chi connectivity index (χ3v) is 4.19. The number of hydrogen-bond acceptors (Lipinski definition) is 6. The molecule has 104 valence electrons. The van der Waals surface area contributed by atoms with E-state index in [1.165, 1.54) is 12.3 Å². The second-order valence-corrected chi connectivity index (χ2v) is 5.46. The summed E-state index contributed by atoms with van der Waals surface area (Å²) in [6, 6.07) is 3.81. The van der Waals surface area contributed by atoms with Gasteiger partial charge in [-0.1, -0.05) is 0 Å². The summed E-state index contributed by atoms with van der Waals surface area (Å²) in [7, 11) is 0. The van der Waals surface area contributed by atoms with Crippen LogP contribution < -0.4 is 10.6 Å². The van der Waals surface area contributed by atoms with E-state index in [0.29, 0.717) is 5.82 Å². The van der Waals surface area contributed by atoms with Gasteiger partial charge in [0.1, 0.15) is 6.07 Å². The molecule has 20 heavy (non-hydrogen) atoms. The summed E-state index contributed by atoms with van der Waals surface area (Å²) in [4.78, 5) is 17.0. The minimum absolute atomic E-state index is 0.0866. The molecule has 2 bridgehead atoms. The maximum absolute atomic E-state index is 11.2. The zero-order chi connectivity index (χ0) is 14.3. The van der Waals surface area contributed by atoms with Crippen molar-refractivity contribution < 1.29 is 4.92 Å². The Morgan fingerprint density at radius 3 is 2.65 bits per heavy atom. The first kappa shape index (κ1) is 12.8. The molecule has 0 aromatic carbocycles. The van der Waals surface area contributed by atoms with Crippen LogP contribution in [0.25, 0.3) is 0 Å². The number of aromatic nitrogens is 1. The van der Waals surface area contributed by atoms with E-state index >= 15 is 0 Å². The van der Waals surface area contributed by atoms with Crippen LogP contribution in [0.4, 0.5) is 11.5 Å². The minimum atomic E-state index is -0.461. The van der Waals surface area contributed by atoms with E-state index in [9.17, 15) is 10.1 Å². The molecule has 7 heteroatoms. The summed E-state index contributed by atoms with van der Waals surface area (Å²) in [6.07, 6.45) is 5.08. The Bertz CT molecular complexity index is 583. The van der Waals surface area contributed by atoms with Crippen molar-refractivity contribution >= 4 is 11.5 Å². The summed E-state index contributed by atoms with van der Waals surface area (Å²) < 4.78 is 0. The number of anilines is 1. The van der Waals surface area contributed by atoms with Crippen LogP contribution >= 0.6 is 0 Å². The van der Waals surface area contributed by atoms with Crippen molar-refractivity contribution in [2.75, 3.05) is 4.90 Å². The van der Waals surface area contributed by atoms with Gasteiger partial charge in [-0.3, -0.25) is 10.1 Å². The first-order valence-electron chi connectivity index (χ1n) is 6.68. The lowest BCUT2D eigenvalue weighted by Gasteiger charge is -2.38. The Morgan fingerprint density at radius 2 is 2.10 bits per heavy atom. The van der Waals surface area contributed by atoms with Crippen LogP contribution in [0.15, 0.2) is 12.3 Å². The van der Waals surface area contributed by atoms with E-state index in [0.717, 1.165) is 25.7 Å². The van der Waals surface area contributed by atoms with Gasteiger partial charge in [-0.15, -0.1) is 0 Å². The summed E-state index contributed by atoms with van der Waals surface area (Å²) >= 11 is 0. The number of nitrogens with two attached hydrogens (primary N) is 1. The number of pyridine rings is 1. The van der Waals surface area contributed by atoms with Gasteiger partial charge < -0.3 is 10.6 Å². The molecular formula is C13H15N5O2. The number of nitrogens with zero attached hydrogens (tertiary/aromatic N) is 4. The van der Waals surface area contributed by atoms with Crippen LogP contribution in [-0.4, -0.2) is 28.0 Å². The lowest BCUT2D eigenvalue weighted by molar-refractivity contribution is -0.384. The van der Waals surface area contributed by atoms with E-state index in [1.807, 2.05) is 11.0 Å². The molecule has 0 aliphatic carbocycles. The Morgan fingerprint density at radius 1 is 1.45 bits per heavy atom. The Balaban J connectivity index is 2.03. The summed E-state index contributed by atoms with van der Waals surface area (Å²) in [5.74, 6) is 0.383. The molecule has 2 aliphatic heterocycles. The quantitative estimate of drug-likeness (QED) is 0.643. The number of nitriles is 1. The molecule has 0 spiro atoms. The van der Waals surface area contributed by atoms with Crippen molar-refractivity contribution in [1.82, 2.24) is 4.98 Å². The van der Waals surface area contributed by atoms with Crippen LogP contribution in [0.5, 0.6) is 0 Å². The molecular weight excluding hydrogens is 258 g/mol. The molecule has 0 amide bonds. The van der Waals surface area contributed by atoms with E-state index < -0.39 is 4.92 Å². The molecule has 2 aliphatic rings. The number of hydrogen-bond donors (Lipinski definition) is 1. The third kappa shape index (κ3) is 1.98. The molecule has 1 aromatic rings. The summed E-state index contributed by atoms with van der Waals surface area (Å²) in [5.41, 5.74) is 6.14. The molecule has 3 rings (SSSR count). The number of rotatable bonds is 2. The number of nitro groups is 1. The molecule has 7 nitrogen and oxygen atoms in total. The van der Waals surface area contributed by atoms with Crippen LogP contribution in [0.1, 0.15) is 31.2 Å². The van der Waals surface area contributed by atoms with Crippen molar-refractivity contribution in [2.24, 2.45) is 5.73 Å². The standard InChI is InChI=1S/C13H15N5O2/c14-6-8-3-12(18(19)20)13(16-7-8)17-10-1-2-11(17)5-9(15)4-10/h3,7,9-11H,1-2,4-5,15H2. The van der Waals surface area contributed by atoms with Crippen LogP contribution in [0.2, 0.25) is 0 Å². The Kier molecular flexibility index (Phi) is 3.03. The molecule has 0 saturated carbocycles. The van der Waals surface area contributed by atoms with Gasteiger partial charge in [0.2, 0.25) is 5.82 Å². The average molecular weight is 273 g/mol. The maximum Gasteiger partial charge on any atom is 0.312 e. The first-order valence-corrected chi connectivity index (χ1v) is 6.68. The van der Waals surface area contributed by atoms with Crippen LogP contribution in [-0.2, 0) is 0 Å². The van der Waals surface area contributed by atoms with Crippen molar-refractivity contribution in [2.45, 2.75) is 43.8 Å². The molecule has 1 aromatic heterocycles. The number of piperidine rings is 1. The van der Waals surface area contributed by atoms with Gasteiger partial charge in [-0.25, -0.2) is 4.98 Å². The average Bonchev–Trinajstić information content (AvgIpc) is 2.69. The fraction of sp³-hybridized carbons (Fsp3) is 0.538. The molecule has 2 saturated heterocycles. The van der Waals surface area contributed by atoms with Gasteiger partial charge in [0.15, 0.2) is 0 Å². The summed E-state index contributed by atoms with van der Waals surface area (Å²) in [6.45, 7) is 0. The van der Waals surface area contributed by atoms with Gasteiger partial charge in [-0.05, 0) is 25.7 Å². The highest BCUT2D eigenvalue weighted by Gasteiger charge is 2.42. The lowest BCUT2D eigenvalue weighted by atomic mass is 9.98. The van der Waals surface area contributed by atoms with Gasteiger partial charge >= 0.3 is 5.69 Å². The van der Waals surface area contributed by atoms with E-state index in [2.05, 4.69) is 4.98 Å². The van der Waals surface area contributed by atoms with Gasteiger partial charge in [0.05, 0.1) is 10.5 Å². The summed E-state index contributed by atoms with van der Waals surface area (Å²) in [5, 5.41) is 20.1. The largest absolute Gasteiger partial charge is 0.345 e. The van der Waals surface area contributed by atoms with Gasteiger partial charge in [0, 0.05) is 30.4 Å². The van der Waals surface area contributed by atoms with E-state index in [-0.39, 0.29) is 29.4 Å². The molecule has 2 fully saturated rings. The van der Waals surface area contributed by atoms with Gasteiger partial charge in [-0.2, -0.15) is 5.26 Å². The Labute approximate surface area is 116 Å². The zero-order valence-corrected chi connectivity index (χ0v) is 10.9. The van der Waals surface area contributed by atoms with Gasteiger partial charge in [0.25, 0.3) is 0 Å². The fourth-order valence-corrected chi connectivity index (χ4v) is 3.41. The minimum Gasteiger partial charge on any atom is -0.345 e. The second kappa shape index (κ2) is 4.72. The molecule has 3 heterocycles. The third-order valence-electron chi connectivity index (χ3n) is 4.19. The fourth-order valence-electron chi connectivity index (χ4n) is 3.41. The first-order chi connectivity index (χ1) is 9.60. The number of fused-ring (bicyclic) bond motifs is 2. The predicted octanol–water partition coefficient (Wildman–Crippen LogP) is 1.32. The lowest BCUT2D eigenvalue weighted by Crippen LogP contribution is -2.48. The van der Waals surface area contributed by atoms with Crippen molar-refractivity contribution in [3.8, 4) is 6.07 Å². The Hall–Kier alpha value is -2.20. The van der Waals surface area contributed by atoms with Crippen molar-refractivity contribution in [3.63, 3.8) is 0 Å². The normalized spacial score (nSPS) is 28.2. The molecule has 0 radical (unpaired) electrons. The second-order valence-electron chi connectivity index (χ2n) is 5.46. The van der Waals surface area contributed by atoms with Crippen molar-refractivity contribution in [1.29, 1.82) is 5.26 Å². The smallest absolute Gasteiger partial charge is 0.312 e. The van der Waals surface area contributed by atoms with E-state index in [1.54, 1.807) is 0 Å².